The Hall–Kier alpha value is -1.57. The number of aromatic nitrogens is 2. The highest BCUT2D eigenvalue weighted by atomic mass is 15.1. The zero-order chi connectivity index (χ0) is 12.0. The Morgan fingerprint density at radius 1 is 1.12 bits per heavy atom. The van der Waals surface area contributed by atoms with E-state index in [9.17, 15) is 0 Å². The fourth-order valence-electron chi connectivity index (χ4n) is 1.56. The monoisotopic (exact) mass is 216 g/mol. The highest BCUT2D eigenvalue weighted by Gasteiger charge is 2.06. The van der Waals surface area contributed by atoms with Crippen LogP contribution in [0.2, 0.25) is 0 Å². The fraction of sp³-hybridized carbons (Fsp3) is 0.357. The molecule has 1 aromatic heterocycles. The quantitative estimate of drug-likeness (QED) is 0.746. The van der Waals surface area contributed by atoms with Gasteiger partial charge in [-0.3, -0.25) is 0 Å². The Kier molecular flexibility index (Phi) is 4.77. The Bertz CT molecular complexity index is 404. The molecule has 0 saturated carbocycles. The standard InChI is InChI=1S/C12H14N2.C2H6/c1-10-8-14(9-13-10)11(2)12-6-4-3-5-7-12;1-2/h3-9,11H,1-2H3;1-2H3. The van der Waals surface area contributed by atoms with Gasteiger partial charge in [-0.2, -0.15) is 0 Å². The van der Waals surface area contributed by atoms with E-state index in [4.69, 9.17) is 0 Å². The molecule has 0 aliphatic carbocycles. The lowest BCUT2D eigenvalue weighted by Gasteiger charge is -2.12. The van der Waals surface area contributed by atoms with E-state index in [1.54, 1.807) is 0 Å². The number of rotatable bonds is 2. The van der Waals surface area contributed by atoms with Crippen LogP contribution in [0, 0.1) is 6.92 Å². The van der Waals surface area contributed by atoms with E-state index in [0.717, 1.165) is 5.69 Å². The van der Waals surface area contributed by atoms with E-state index in [-0.39, 0.29) is 0 Å². The van der Waals surface area contributed by atoms with Gasteiger partial charge in [0, 0.05) is 6.20 Å². The summed E-state index contributed by atoms with van der Waals surface area (Å²) in [6.07, 6.45) is 3.95. The average molecular weight is 216 g/mol. The van der Waals surface area contributed by atoms with E-state index in [0.29, 0.717) is 6.04 Å². The van der Waals surface area contributed by atoms with Crippen LogP contribution in [0.5, 0.6) is 0 Å². The molecule has 1 unspecified atom stereocenters. The van der Waals surface area contributed by atoms with E-state index in [2.05, 4.69) is 46.9 Å². The molecular weight excluding hydrogens is 196 g/mol. The van der Waals surface area contributed by atoms with Gasteiger partial charge in [-0.05, 0) is 19.4 Å². The lowest BCUT2D eigenvalue weighted by atomic mass is 10.1. The molecular formula is C14H20N2. The summed E-state index contributed by atoms with van der Waals surface area (Å²) in [6.45, 7) is 8.19. The molecule has 0 bridgehead atoms. The number of hydrogen-bond donors (Lipinski definition) is 0. The summed E-state index contributed by atoms with van der Waals surface area (Å²) in [5.74, 6) is 0. The minimum atomic E-state index is 0.359. The molecule has 0 saturated heterocycles. The summed E-state index contributed by atoms with van der Waals surface area (Å²) in [5, 5.41) is 0. The van der Waals surface area contributed by atoms with Gasteiger partial charge in [0.05, 0.1) is 18.1 Å². The predicted molar refractivity (Wildman–Crippen MR) is 68.6 cm³/mol. The highest BCUT2D eigenvalue weighted by molar-refractivity contribution is 5.19. The number of aryl methyl sites for hydroxylation is 1. The second kappa shape index (κ2) is 6.11. The molecule has 1 atom stereocenters. The number of nitrogens with zero attached hydrogens (tertiary/aromatic N) is 2. The van der Waals surface area contributed by atoms with Gasteiger partial charge >= 0.3 is 0 Å². The van der Waals surface area contributed by atoms with Gasteiger partial charge in [-0.25, -0.2) is 4.98 Å². The van der Waals surface area contributed by atoms with Crippen LogP contribution in [0.4, 0.5) is 0 Å². The largest absolute Gasteiger partial charge is 0.330 e. The third kappa shape index (κ3) is 2.96. The average Bonchev–Trinajstić information content (AvgIpc) is 2.79. The van der Waals surface area contributed by atoms with Crippen molar-refractivity contribution in [1.29, 1.82) is 0 Å². The molecule has 2 aromatic rings. The molecule has 1 aromatic carbocycles. The lowest BCUT2D eigenvalue weighted by Crippen LogP contribution is -2.03. The van der Waals surface area contributed by atoms with Crippen LogP contribution in [-0.4, -0.2) is 9.55 Å². The number of imidazole rings is 1. The van der Waals surface area contributed by atoms with Crippen LogP contribution < -0.4 is 0 Å². The number of hydrogen-bond acceptors (Lipinski definition) is 1. The molecule has 0 N–H and O–H groups in total. The van der Waals surface area contributed by atoms with Crippen molar-refractivity contribution in [2.24, 2.45) is 0 Å². The Morgan fingerprint density at radius 3 is 2.25 bits per heavy atom. The van der Waals surface area contributed by atoms with Gasteiger partial charge in [-0.1, -0.05) is 44.2 Å². The van der Waals surface area contributed by atoms with Gasteiger partial charge in [0.15, 0.2) is 0 Å². The minimum absolute atomic E-state index is 0.359. The SMILES string of the molecule is CC.Cc1cn(C(C)c2ccccc2)cn1. The van der Waals surface area contributed by atoms with Crippen LogP contribution in [0.25, 0.3) is 0 Å². The van der Waals surface area contributed by atoms with Crippen LogP contribution >= 0.6 is 0 Å². The van der Waals surface area contributed by atoms with E-state index in [1.807, 2.05) is 33.2 Å². The van der Waals surface area contributed by atoms with Crippen molar-refractivity contribution in [3.8, 4) is 0 Å². The Labute approximate surface area is 98.0 Å². The lowest BCUT2D eigenvalue weighted by molar-refractivity contribution is 0.638. The van der Waals surface area contributed by atoms with Crippen molar-refractivity contribution < 1.29 is 0 Å². The molecule has 0 aliphatic rings. The first-order chi connectivity index (χ1) is 7.77. The maximum atomic E-state index is 4.23. The normalized spacial score (nSPS) is 11.5. The Morgan fingerprint density at radius 2 is 1.75 bits per heavy atom. The van der Waals surface area contributed by atoms with Gasteiger partial charge in [0.1, 0.15) is 0 Å². The summed E-state index contributed by atoms with van der Waals surface area (Å²) < 4.78 is 2.13. The third-order valence-electron chi connectivity index (χ3n) is 2.46. The van der Waals surface area contributed by atoms with E-state index >= 15 is 0 Å². The molecule has 0 fully saturated rings. The second-order valence-corrected chi connectivity index (χ2v) is 3.55. The summed E-state index contributed by atoms with van der Waals surface area (Å²) in [7, 11) is 0. The van der Waals surface area contributed by atoms with Crippen molar-refractivity contribution in [3.63, 3.8) is 0 Å². The molecule has 86 valence electrons. The molecule has 2 rings (SSSR count). The van der Waals surface area contributed by atoms with Crippen LogP contribution in [-0.2, 0) is 0 Å². The molecule has 2 heteroatoms. The minimum Gasteiger partial charge on any atom is -0.330 e. The first-order valence-corrected chi connectivity index (χ1v) is 5.82. The summed E-state index contributed by atoms with van der Waals surface area (Å²) >= 11 is 0. The fourth-order valence-corrected chi connectivity index (χ4v) is 1.56. The molecule has 0 radical (unpaired) electrons. The molecule has 1 heterocycles. The van der Waals surface area contributed by atoms with Crippen molar-refractivity contribution >= 4 is 0 Å². The van der Waals surface area contributed by atoms with Gasteiger partial charge in [0.2, 0.25) is 0 Å². The molecule has 0 amide bonds. The van der Waals surface area contributed by atoms with Gasteiger partial charge < -0.3 is 4.57 Å². The summed E-state index contributed by atoms with van der Waals surface area (Å²) in [6, 6.07) is 10.8. The molecule has 16 heavy (non-hydrogen) atoms. The van der Waals surface area contributed by atoms with Crippen molar-refractivity contribution in [1.82, 2.24) is 9.55 Å². The molecule has 0 aliphatic heterocycles. The first kappa shape index (κ1) is 12.5. The Balaban J connectivity index is 0.000000606. The number of benzene rings is 1. The predicted octanol–water partition coefficient (Wildman–Crippen LogP) is 3.83. The topological polar surface area (TPSA) is 17.8 Å². The van der Waals surface area contributed by atoms with Crippen molar-refractivity contribution in [2.75, 3.05) is 0 Å². The van der Waals surface area contributed by atoms with Crippen molar-refractivity contribution in [2.45, 2.75) is 33.7 Å². The summed E-state index contributed by atoms with van der Waals surface area (Å²) in [5.41, 5.74) is 2.37. The molecule has 0 spiro atoms. The maximum absolute atomic E-state index is 4.23. The zero-order valence-corrected chi connectivity index (χ0v) is 10.5. The van der Waals surface area contributed by atoms with E-state index < -0.39 is 0 Å². The van der Waals surface area contributed by atoms with Crippen LogP contribution in [0.1, 0.15) is 38.1 Å². The van der Waals surface area contributed by atoms with Crippen LogP contribution in [0.3, 0.4) is 0 Å². The second-order valence-electron chi connectivity index (χ2n) is 3.55. The molecule has 2 nitrogen and oxygen atoms in total. The van der Waals surface area contributed by atoms with Gasteiger partial charge in [-0.15, -0.1) is 0 Å². The maximum Gasteiger partial charge on any atom is 0.0954 e. The van der Waals surface area contributed by atoms with Crippen LogP contribution in [0.15, 0.2) is 42.9 Å². The van der Waals surface area contributed by atoms with E-state index in [1.165, 1.54) is 5.56 Å². The summed E-state index contributed by atoms with van der Waals surface area (Å²) in [4.78, 5) is 4.23. The van der Waals surface area contributed by atoms with Gasteiger partial charge in [0.25, 0.3) is 0 Å². The first-order valence-electron chi connectivity index (χ1n) is 5.82. The van der Waals surface area contributed by atoms with Crippen molar-refractivity contribution in [3.05, 3.63) is 54.1 Å². The highest BCUT2D eigenvalue weighted by Crippen LogP contribution is 2.16. The third-order valence-corrected chi connectivity index (χ3v) is 2.46. The smallest absolute Gasteiger partial charge is 0.0954 e. The zero-order valence-electron chi connectivity index (χ0n) is 10.5.